The van der Waals surface area contributed by atoms with Crippen molar-refractivity contribution in [1.29, 1.82) is 0 Å². The van der Waals surface area contributed by atoms with Crippen molar-refractivity contribution in [2.24, 2.45) is 4.99 Å². The van der Waals surface area contributed by atoms with E-state index in [0.717, 1.165) is 11.1 Å². The van der Waals surface area contributed by atoms with Crippen LogP contribution in [0.25, 0.3) is 0 Å². The van der Waals surface area contributed by atoms with Gasteiger partial charge in [0.15, 0.2) is 15.8 Å². The summed E-state index contributed by atoms with van der Waals surface area (Å²) in [6.07, 6.45) is 1.20. The van der Waals surface area contributed by atoms with Crippen LogP contribution in [-0.2, 0) is 22.9 Å². The molecule has 0 heterocycles. The van der Waals surface area contributed by atoms with Crippen LogP contribution in [0.4, 0.5) is 4.39 Å². The van der Waals surface area contributed by atoms with Gasteiger partial charge in [0.25, 0.3) is 0 Å². The van der Waals surface area contributed by atoms with E-state index >= 15 is 0 Å². The summed E-state index contributed by atoms with van der Waals surface area (Å²) in [6, 6.07) is 11.5. The van der Waals surface area contributed by atoms with Crippen molar-refractivity contribution in [2.75, 3.05) is 12.8 Å². The van der Waals surface area contributed by atoms with E-state index < -0.39 is 9.84 Å². The minimum atomic E-state index is -3.22. The number of aryl methyl sites for hydroxylation is 1. The molecule has 0 aliphatic heterocycles. The molecular formula is C19H24FN3O2S. The van der Waals surface area contributed by atoms with Crippen molar-refractivity contribution in [3.05, 3.63) is 65.0 Å². The number of aliphatic imine (C=N–C) groups is 1. The average molecular weight is 377 g/mol. The van der Waals surface area contributed by atoms with Gasteiger partial charge >= 0.3 is 0 Å². The van der Waals surface area contributed by atoms with Gasteiger partial charge in [0, 0.05) is 19.3 Å². The number of hydrogen-bond donors (Lipinski definition) is 2. The molecule has 140 valence electrons. The summed E-state index contributed by atoms with van der Waals surface area (Å²) in [5, 5.41) is 6.35. The molecule has 0 aromatic heterocycles. The van der Waals surface area contributed by atoms with Crippen molar-refractivity contribution < 1.29 is 12.8 Å². The fourth-order valence-electron chi connectivity index (χ4n) is 2.53. The van der Waals surface area contributed by atoms with Crippen molar-refractivity contribution in [2.45, 2.75) is 31.8 Å². The highest BCUT2D eigenvalue weighted by Gasteiger charge is 2.10. The maximum absolute atomic E-state index is 13.0. The summed E-state index contributed by atoms with van der Waals surface area (Å²) in [5.41, 5.74) is 2.59. The number of halogens is 1. The number of guanidine groups is 1. The van der Waals surface area contributed by atoms with Gasteiger partial charge in [-0.2, -0.15) is 0 Å². The minimum absolute atomic E-state index is 0.262. The third kappa shape index (κ3) is 5.84. The monoisotopic (exact) mass is 377 g/mol. The van der Waals surface area contributed by atoms with Crippen LogP contribution in [0.5, 0.6) is 0 Å². The normalized spacial score (nSPS) is 12.1. The molecule has 0 aliphatic rings. The average Bonchev–Trinajstić information content (AvgIpc) is 2.57. The molecule has 0 spiro atoms. The van der Waals surface area contributed by atoms with Crippen molar-refractivity contribution in [3.8, 4) is 0 Å². The smallest absolute Gasteiger partial charge is 0.191 e. The maximum Gasteiger partial charge on any atom is 0.191 e. The lowest BCUT2D eigenvalue weighted by atomic mass is 10.1. The molecule has 0 fully saturated rings. The Balaban J connectivity index is 2.06. The fourth-order valence-corrected chi connectivity index (χ4v) is 3.49. The summed E-state index contributed by atoms with van der Waals surface area (Å²) < 4.78 is 36.3. The molecule has 26 heavy (non-hydrogen) atoms. The predicted molar refractivity (Wildman–Crippen MR) is 102 cm³/mol. The SMILES string of the molecule is CCNC(=NCc1ccc(S(C)(=O)=O)c(C)c1)NCc1ccc(F)cc1. The standard InChI is InChI=1S/C19H24FN3O2S/c1-4-21-19(22-12-15-5-8-17(20)9-6-15)23-13-16-7-10-18(14(2)11-16)26(3,24)25/h5-11H,4,12-13H2,1-3H3,(H2,21,22,23). The first-order chi connectivity index (χ1) is 12.3. The Kier molecular flexibility index (Phi) is 6.74. The largest absolute Gasteiger partial charge is 0.357 e. The summed E-state index contributed by atoms with van der Waals surface area (Å²) in [6.45, 7) is 5.41. The molecule has 0 saturated carbocycles. The number of benzene rings is 2. The van der Waals surface area contributed by atoms with Crippen LogP contribution in [0.2, 0.25) is 0 Å². The molecule has 2 aromatic rings. The second-order valence-corrected chi connectivity index (χ2v) is 8.03. The van der Waals surface area contributed by atoms with E-state index in [4.69, 9.17) is 0 Å². The van der Waals surface area contributed by atoms with Crippen LogP contribution in [0.1, 0.15) is 23.6 Å². The highest BCUT2D eigenvalue weighted by molar-refractivity contribution is 7.90. The van der Waals surface area contributed by atoms with Crippen LogP contribution in [-0.4, -0.2) is 27.2 Å². The first kappa shape index (κ1) is 19.9. The lowest BCUT2D eigenvalue weighted by molar-refractivity contribution is 0.601. The molecule has 0 amide bonds. The number of rotatable bonds is 6. The molecule has 2 aromatic carbocycles. The van der Waals surface area contributed by atoms with Gasteiger partial charge in [-0.05, 0) is 48.7 Å². The Bertz CT molecular complexity index is 878. The summed E-state index contributed by atoms with van der Waals surface area (Å²) in [4.78, 5) is 4.86. The van der Waals surface area contributed by atoms with E-state index in [2.05, 4.69) is 15.6 Å². The van der Waals surface area contributed by atoms with E-state index in [9.17, 15) is 12.8 Å². The van der Waals surface area contributed by atoms with Crippen LogP contribution in [0.3, 0.4) is 0 Å². The second-order valence-electron chi connectivity index (χ2n) is 6.05. The topological polar surface area (TPSA) is 70.6 Å². The maximum atomic E-state index is 13.0. The number of nitrogens with zero attached hydrogens (tertiary/aromatic N) is 1. The second kappa shape index (κ2) is 8.80. The summed E-state index contributed by atoms with van der Waals surface area (Å²) >= 11 is 0. The molecule has 2 rings (SSSR count). The Morgan fingerprint density at radius 2 is 1.73 bits per heavy atom. The van der Waals surface area contributed by atoms with Gasteiger partial charge in [-0.1, -0.05) is 24.3 Å². The van der Waals surface area contributed by atoms with Gasteiger partial charge in [-0.3, -0.25) is 0 Å². The Morgan fingerprint density at radius 3 is 2.31 bits per heavy atom. The summed E-state index contributed by atoms with van der Waals surface area (Å²) in [5.74, 6) is 0.379. The molecule has 7 heteroatoms. The highest BCUT2D eigenvalue weighted by Crippen LogP contribution is 2.17. The van der Waals surface area contributed by atoms with Crippen LogP contribution in [0, 0.1) is 12.7 Å². The number of sulfone groups is 1. The molecule has 0 saturated heterocycles. The quantitative estimate of drug-likeness (QED) is 0.600. The molecule has 0 bridgehead atoms. The Labute approximate surface area is 154 Å². The lowest BCUT2D eigenvalue weighted by Gasteiger charge is -2.12. The highest BCUT2D eigenvalue weighted by atomic mass is 32.2. The van der Waals surface area contributed by atoms with Crippen LogP contribution < -0.4 is 10.6 Å². The molecular weight excluding hydrogens is 353 g/mol. The number of nitrogens with one attached hydrogen (secondary N) is 2. The molecule has 0 atom stereocenters. The molecule has 0 unspecified atom stereocenters. The lowest BCUT2D eigenvalue weighted by Crippen LogP contribution is -2.36. The number of hydrogen-bond acceptors (Lipinski definition) is 3. The van der Waals surface area contributed by atoms with E-state index in [-0.39, 0.29) is 5.82 Å². The third-order valence-corrected chi connectivity index (χ3v) is 5.03. The van der Waals surface area contributed by atoms with Gasteiger partial charge in [0.05, 0.1) is 11.4 Å². The van der Waals surface area contributed by atoms with Gasteiger partial charge < -0.3 is 10.6 Å². The zero-order chi connectivity index (χ0) is 19.2. The first-order valence-electron chi connectivity index (χ1n) is 8.36. The van der Waals surface area contributed by atoms with E-state index in [1.165, 1.54) is 18.4 Å². The van der Waals surface area contributed by atoms with E-state index in [1.54, 1.807) is 31.2 Å². The van der Waals surface area contributed by atoms with Gasteiger partial charge in [-0.15, -0.1) is 0 Å². The van der Waals surface area contributed by atoms with Crippen molar-refractivity contribution in [1.82, 2.24) is 10.6 Å². The Hall–Kier alpha value is -2.41. The minimum Gasteiger partial charge on any atom is -0.357 e. The molecule has 0 aliphatic carbocycles. The van der Waals surface area contributed by atoms with Crippen LogP contribution >= 0.6 is 0 Å². The van der Waals surface area contributed by atoms with E-state index in [0.29, 0.717) is 36.1 Å². The summed E-state index contributed by atoms with van der Waals surface area (Å²) in [7, 11) is -3.22. The Morgan fingerprint density at radius 1 is 1.08 bits per heavy atom. The predicted octanol–water partition coefficient (Wildman–Crippen LogP) is 2.79. The van der Waals surface area contributed by atoms with Crippen LogP contribution in [0.15, 0.2) is 52.4 Å². The fraction of sp³-hybridized carbons (Fsp3) is 0.316. The van der Waals surface area contributed by atoms with Crippen molar-refractivity contribution >= 4 is 15.8 Å². The van der Waals surface area contributed by atoms with E-state index in [1.807, 2.05) is 13.0 Å². The molecule has 2 N–H and O–H groups in total. The zero-order valence-electron chi connectivity index (χ0n) is 15.2. The molecule has 0 radical (unpaired) electrons. The van der Waals surface area contributed by atoms with Gasteiger partial charge in [0.1, 0.15) is 5.82 Å². The molecule has 5 nitrogen and oxygen atoms in total. The van der Waals surface area contributed by atoms with Crippen molar-refractivity contribution in [3.63, 3.8) is 0 Å². The van der Waals surface area contributed by atoms with Gasteiger partial charge in [0.2, 0.25) is 0 Å². The van der Waals surface area contributed by atoms with Gasteiger partial charge in [-0.25, -0.2) is 17.8 Å². The third-order valence-electron chi connectivity index (χ3n) is 3.78. The zero-order valence-corrected chi connectivity index (χ0v) is 16.0. The first-order valence-corrected chi connectivity index (χ1v) is 10.2.